The molecule has 1 amide bonds. The summed E-state index contributed by atoms with van der Waals surface area (Å²) in [5.41, 5.74) is 2.05. The highest BCUT2D eigenvalue weighted by atomic mass is 16.5. The molecule has 3 heteroatoms. The third-order valence-electron chi connectivity index (χ3n) is 4.38. The van der Waals surface area contributed by atoms with Gasteiger partial charge in [0, 0.05) is 0 Å². The van der Waals surface area contributed by atoms with Crippen molar-refractivity contribution in [1.29, 1.82) is 0 Å². The van der Waals surface area contributed by atoms with Gasteiger partial charge in [0.05, 0.1) is 12.5 Å². The minimum Gasteiger partial charge on any atom is -0.457 e. The van der Waals surface area contributed by atoms with E-state index in [0.29, 0.717) is 12.3 Å². The van der Waals surface area contributed by atoms with Crippen LogP contribution in [0, 0.1) is 5.92 Å². The van der Waals surface area contributed by atoms with E-state index < -0.39 is 0 Å². The number of ether oxygens (including phenoxy) is 1. The second-order valence-corrected chi connectivity index (χ2v) is 6.94. The number of benzene rings is 3. The lowest BCUT2D eigenvalue weighted by Gasteiger charge is -2.23. The Hall–Kier alpha value is -3.07. The number of nitrogens with one attached hydrogen (secondary N) is 1. The Bertz CT molecular complexity index is 860. The molecule has 0 spiro atoms. The van der Waals surface area contributed by atoms with Crippen molar-refractivity contribution in [3.8, 4) is 11.5 Å². The first-order valence-electron chi connectivity index (χ1n) is 9.28. The van der Waals surface area contributed by atoms with Crippen molar-refractivity contribution >= 4 is 5.91 Å². The first kappa shape index (κ1) is 18.7. The first-order chi connectivity index (χ1) is 13.1. The predicted octanol–water partition coefficient (Wildman–Crippen LogP) is 5.53. The summed E-state index contributed by atoms with van der Waals surface area (Å²) in [5, 5.41) is 3.17. The molecule has 1 N–H and O–H groups in total. The Morgan fingerprint density at radius 3 is 2.15 bits per heavy atom. The molecule has 1 unspecified atom stereocenters. The second kappa shape index (κ2) is 9.04. The van der Waals surface area contributed by atoms with Gasteiger partial charge in [-0.25, -0.2) is 0 Å². The van der Waals surface area contributed by atoms with Crippen LogP contribution in [0.3, 0.4) is 0 Å². The van der Waals surface area contributed by atoms with Gasteiger partial charge in [0.1, 0.15) is 11.5 Å². The summed E-state index contributed by atoms with van der Waals surface area (Å²) in [6.07, 6.45) is 0.321. The van der Waals surface area contributed by atoms with Gasteiger partial charge in [-0.05, 0) is 41.3 Å². The Kier molecular flexibility index (Phi) is 6.26. The van der Waals surface area contributed by atoms with Crippen LogP contribution in [-0.4, -0.2) is 5.91 Å². The molecule has 0 saturated heterocycles. The van der Waals surface area contributed by atoms with Crippen LogP contribution >= 0.6 is 0 Å². The van der Waals surface area contributed by atoms with Crippen molar-refractivity contribution in [2.45, 2.75) is 26.3 Å². The molecule has 138 valence electrons. The first-order valence-corrected chi connectivity index (χ1v) is 9.28. The van der Waals surface area contributed by atoms with Gasteiger partial charge in [0.15, 0.2) is 0 Å². The van der Waals surface area contributed by atoms with Gasteiger partial charge in [-0.2, -0.15) is 0 Å². The van der Waals surface area contributed by atoms with E-state index in [9.17, 15) is 4.79 Å². The minimum absolute atomic E-state index is 0.00227. The molecule has 0 aliphatic rings. The Morgan fingerprint density at radius 1 is 0.852 bits per heavy atom. The summed E-state index contributed by atoms with van der Waals surface area (Å²) in [6.45, 7) is 4.23. The maximum Gasteiger partial charge on any atom is 0.224 e. The zero-order chi connectivity index (χ0) is 19.1. The number of hydrogen-bond acceptors (Lipinski definition) is 2. The molecule has 0 heterocycles. The maximum atomic E-state index is 12.6. The molecular formula is C24H25NO2. The van der Waals surface area contributed by atoms with E-state index in [1.165, 1.54) is 0 Å². The highest BCUT2D eigenvalue weighted by Gasteiger charge is 2.18. The molecule has 0 aliphatic heterocycles. The van der Waals surface area contributed by atoms with Crippen LogP contribution in [-0.2, 0) is 11.2 Å². The number of carbonyl (C=O) groups is 1. The fourth-order valence-corrected chi connectivity index (χ4v) is 3.05. The summed E-state index contributed by atoms with van der Waals surface area (Å²) < 4.78 is 5.86. The van der Waals surface area contributed by atoms with Crippen LogP contribution in [0.5, 0.6) is 11.5 Å². The van der Waals surface area contributed by atoms with E-state index in [1.807, 2.05) is 72.8 Å². The molecule has 3 aromatic carbocycles. The van der Waals surface area contributed by atoms with E-state index in [0.717, 1.165) is 22.6 Å². The Morgan fingerprint density at radius 2 is 1.48 bits per heavy atom. The van der Waals surface area contributed by atoms with Crippen molar-refractivity contribution in [3.63, 3.8) is 0 Å². The quantitative estimate of drug-likeness (QED) is 0.602. The topological polar surface area (TPSA) is 38.3 Å². The average molecular weight is 359 g/mol. The SMILES string of the molecule is CC(C)C(NC(=O)Cc1cccc(Oc2ccccc2)c1)c1ccccc1. The van der Waals surface area contributed by atoms with Gasteiger partial charge in [-0.1, -0.05) is 74.5 Å². The molecule has 3 rings (SSSR count). The van der Waals surface area contributed by atoms with Gasteiger partial charge in [-0.15, -0.1) is 0 Å². The average Bonchev–Trinajstić information content (AvgIpc) is 2.68. The molecule has 0 aromatic heterocycles. The van der Waals surface area contributed by atoms with Crippen LogP contribution in [0.1, 0.15) is 31.0 Å². The lowest BCUT2D eigenvalue weighted by atomic mass is 9.95. The zero-order valence-corrected chi connectivity index (χ0v) is 15.8. The largest absolute Gasteiger partial charge is 0.457 e. The predicted molar refractivity (Wildman–Crippen MR) is 109 cm³/mol. The molecular weight excluding hydrogens is 334 g/mol. The molecule has 3 aromatic rings. The standard InChI is InChI=1S/C24H25NO2/c1-18(2)24(20-11-5-3-6-12-20)25-23(26)17-19-10-9-15-22(16-19)27-21-13-7-4-8-14-21/h3-16,18,24H,17H2,1-2H3,(H,25,26). The number of rotatable bonds is 7. The van der Waals surface area contributed by atoms with E-state index in [4.69, 9.17) is 4.74 Å². The Labute approximate surface area is 161 Å². The number of amides is 1. The van der Waals surface area contributed by atoms with E-state index in [1.54, 1.807) is 0 Å². The van der Waals surface area contributed by atoms with Crippen molar-refractivity contribution < 1.29 is 9.53 Å². The fourth-order valence-electron chi connectivity index (χ4n) is 3.05. The molecule has 0 saturated carbocycles. The Balaban J connectivity index is 1.66. The molecule has 27 heavy (non-hydrogen) atoms. The summed E-state index contributed by atoms with van der Waals surface area (Å²) >= 11 is 0. The molecule has 0 radical (unpaired) electrons. The summed E-state index contributed by atoms with van der Waals surface area (Å²) in [7, 11) is 0. The van der Waals surface area contributed by atoms with Crippen molar-refractivity contribution in [2.75, 3.05) is 0 Å². The van der Waals surface area contributed by atoms with Crippen LogP contribution in [0.2, 0.25) is 0 Å². The summed E-state index contributed by atoms with van der Waals surface area (Å²) in [5.74, 6) is 1.83. The molecule has 1 atom stereocenters. The highest BCUT2D eigenvalue weighted by molar-refractivity contribution is 5.79. The van der Waals surface area contributed by atoms with Crippen molar-refractivity contribution in [3.05, 3.63) is 96.1 Å². The van der Waals surface area contributed by atoms with E-state index in [2.05, 4.69) is 31.3 Å². The second-order valence-electron chi connectivity index (χ2n) is 6.94. The summed E-state index contributed by atoms with van der Waals surface area (Å²) in [4.78, 5) is 12.6. The normalized spacial score (nSPS) is 11.8. The van der Waals surface area contributed by atoms with Crippen LogP contribution in [0.4, 0.5) is 0 Å². The molecule has 0 bridgehead atoms. The number of hydrogen-bond donors (Lipinski definition) is 1. The third-order valence-corrected chi connectivity index (χ3v) is 4.38. The maximum absolute atomic E-state index is 12.6. The number of carbonyl (C=O) groups excluding carboxylic acids is 1. The smallest absolute Gasteiger partial charge is 0.224 e. The van der Waals surface area contributed by atoms with Crippen molar-refractivity contribution in [1.82, 2.24) is 5.32 Å². The lowest BCUT2D eigenvalue weighted by molar-refractivity contribution is -0.121. The minimum atomic E-state index is 0.00227. The fraction of sp³-hybridized carbons (Fsp3) is 0.208. The van der Waals surface area contributed by atoms with Gasteiger partial charge >= 0.3 is 0 Å². The molecule has 0 fully saturated rings. The zero-order valence-electron chi connectivity index (χ0n) is 15.8. The highest BCUT2D eigenvalue weighted by Crippen LogP contribution is 2.23. The van der Waals surface area contributed by atoms with Crippen LogP contribution < -0.4 is 10.1 Å². The van der Waals surface area contributed by atoms with Gasteiger partial charge < -0.3 is 10.1 Å². The lowest BCUT2D eigenvalue weighted by Crippen LogP contribution is -2.32. The molecule has 0 aliphatic carbocycles. The van der Waals surface area contributed by atoms with Crippen molar-refractivity contribution in [2.24, 2.45) is 5.92 Å². The van der Waals surface area contributed by atoms with Crippen LogP contribution in [0.15, 0.2) is 84.9 Å². The monoisotopic (exact) mass is 359 g/mol. The van der Waals surface area contributed by atoms with Crippen LogP contribution in [0.25, 0.3) is 0 Å². The molecule has 3 nitrogen and oxygen atoms in total. The van der Waals surface area contributed by atoms with Gasteiger partial charge in [0.2, 0.25) is 5.91 Å². The number of para-hydroxylation sites is 1. The van der Waals surface area contributed by atoms with E-state index >= 15 is 0 Å². The van der Waals surface area contributed by atoms with Gasteiger partial charge in [-0.3, -0.25) is 4.79 Å². The van der Waals surface area contributed by atoms with Gasteiger partial charge in [0.25, 0.3) is 0 Å². The summed E-state index contributed by atoms with van der Waals surface area (Å²) in [6, 6.07) is 27.4. The third kappa shape index (κ3) is 5.45. The van der Waals surface area contributed by atoms with E-state index in [-0.39, 0.29) is 11.9 Å².